The third-order valence-corrected chi connectivity index (χ3v) is 5.22. The van der Waals surface area contributed by atoms with Crippen LogP contribution in [0.4, 0.5) is 5.82 Å². The van der Waals surface area contributed by atoms with Gasteiger partial charge in [0.2, 0.25) is 0 Å². The number of aliphatic imine (C=N–C) groups is 1. The molecule has 3 aromatic rings. The lowest BCUT2D eigenvalue weighted by atomic mass is 10.2. The lowest BCUT2D eigenvalue weighted by molar-refractivity contribution is 0.726. The van der Waals surface area contributed by atoms with Gasteiger partial charge in [0.15, 0.2) is 17.4 Å². The molecule has 0 atom stereocenters. The summed E-state index contributed by atoms with van der Waals surface area (Å²) in [7, 11) is 1.77. The molecule has 0 aromatic carbocycles. The van der Waals surface area contributed by atoms with Crippen molar-refractivity contribution in [2.75, 3.05) is 25.0 Å². The number of fused-ring (bicyclic) bond motifs is 1. The molecule has 1 fully saturated rings. The van der Waals surface area contributed by atoms with Gasteiger partial charge in [-0.25, -0.2) is 4.98 Å². The van der Waals surface area contributed by atoms with E-state index in [2.05, 4.69) is 41.8 Å². The highest BCUT2D eigenvalue weighted by atomic mass is 127. The standard InChI is InChI=1S/C21H28N8.HI/c1-22-21(25-16-20-27-26-18-8-4-7-13-29(18)20)24-15-17-9-10-23-19(14-17)28-11-5-2-3-6-12-28;/h4,7-10,13-14H,2-3,5-6,11-12,15-16H2,1H3,(H2,22,24,25);1H. The van der Waals surface area contributed by atoms with E-state index in [1.165, 1.54) is 31.2 Å². The zero-order valence-electron chi connectivity index (χ0n) is 17.3. The third kappa shape index (κ3) is 5.59. The van der Waals surface area contributed by atoms with Gasteiger partial charge in [-0.3, -0.25) is 9.39 Å². The second-order valence-electron chi connectivity index (χ2n) is 7.25. The molecule has 1 aliphatic heterocycles. The van der Waals surface area contributed by atoms with Crippen molar-refractivity contribution in [3.63, 3.8) is 0 Å². The first kappa shape index (κ1) is 22.3. The minimum atomic E-state index is 0. The van der Waals surface area contributed by atoms with Crippen molar-refractivity contribution >= 4 is 41.4 Å². The minimum Gasteiger partial charge on any atom is -0.357 e. The Hall–Kier alpha value is -2.43. The SMILES string of the molecule is CN=C(NCc1ccnc(N2CCCCCC2)c1)NCc1nnc2ccccn12.I. The number of hydrogen-bond acceptors (Lipinski definition) is 5. The van der Waals surface area contributed by atoms with E-state index in [-0.39, 0.29) is 24.0 Å². The molecule has 0 unspecified atom stereocenters. The van der Waals surface area contributed by atoms with Crippen LogP contribution in [0.3, 0.4) is 0 Å². The Bertz CT molecular complexity index is 962. The van der Waals surface area contributed by atoms with Gasteiger partial charge in [-0.15, -0.1) is 34.2 Å². The molecule has 0 aliphatic carbocycles. The minimum absolute atomic E-state index is 0. The maximum absolute atomic E-state index is 4.59. The summed E-state index contributed by atoms with van der Waals surface area (Å²) in [6.07, 6.45) is 9.00. The summed E-state index contributed by atoms with van der Waals surface area (Å²) in [5.41, 5.74) is 2.03. The highest BCUT2D eigenvalue weighted by molar-refractivity contribution is 14.0. The van der Waals surface area contributed by atoms with Crippen LogP contribution in [0.2, 0.25) is 0 Å². The molecule has 3 aromatic heterocycles. The molecule has 2 N–H and O–H groups in total. The van der Waals surface area contributed by atoms with Crippen molar-refractivity contribution in [1.82, 2.24) is 30.2 Å². The molecular weight excluding hydrogens is 491 g/mol. The van der Waals surface area contributed by atoms with Crippen molar-refractivity contribution in [2.45, 2.75) is 38.8 Å². The van der Waals surface area contributed by atoms with Crippen LogP contribution in [0.1, 0.15) is 37.1 Å². The van der Waals surface area contributed by atoms with Gasteiger partial charge in [0.05, 0.1) is 6.54 Å². The van der Waals surface area contributed by atoms with E-state index in [4.69, 9.17) is 0 Å². The third-order valence-electron chi connectivity index (χ3n) is 5.22. The topological polar surface area (TPSA) is 82.7 Å². The molecule has 8 nitrogen and oxygen atoms in total. The summed E-state index contributed by atoms with van der Waals surface area (Å²) in [6, 6.07) is 10.1. The molecule has 30 heavy (non-hydrogen) atoms. The lowest BCUT2D eigenvalue weighted by Gasteiger charge is -2.22. The molecular formula is C21H29IN8. The Kier molecular flexibility index (Phi) is 8.23. The van der Waals surface area contributed by atoms with Crippen molar-refractivity contribution < 1.29 is 0 Å². The summed E-state index contributed by atoms with van der Waals surface area (Å²) >= 11 is 0. The van der Waals surface area contributed by atoms with E-state index in [1.807, 2.05) is 41.1 Å². The van der Waals surface area contributed by atoms with Crippen LogP contribution in [0.15, 0.2) is 47.7 Å². The van der Waals surface area contributed by atoms with Crippen molar-refractivity contribution in [2.24, 2.45) is 4.99 Å². The second-order valence-corrected chi connectivity index (χ2v) is 7.25. The molecule has 0 bridgehead atoms. The molecule has 1 saturated heterocycles. The predicted octanol–water partition coefficient (Wildman–Crippen LogP) is 2.99. The Balaban J connectivity index is 0.00000256. The lowest BCUT2D eigenvalue weighted by Crippen LogP contribution is -2.36. The summed E-state index contributed by atoms with van der Waals surface area (Å²) in [6.45, 7) is 3.42. The monoisotopic (exact) mass is 520 g/mol. The average Bonchev–Trinajstić information content (AvgIpc) is 2.98. The number of aromatic nitrogens is 4. The summed E-state index contributed by atoms with van der Waals surface area (Å²) in [4.78, 5) is 11.3. The van der Waals surface area contributed by atoms with Crippen molar-refractivity contribution in [3.8, 4) is 0 Å². The second kappa shape index (κ2) is 11.1. The van der Waals surface area contributed by atoms with Crippen molar-refractivity contribution in [1.29, 1.82) is 0 Å². The Morgan fingerprint density at radius 2 is 1.83 bits per heavy atom. The smallest absolute Gasteiger partial charge is 0.191 e. The van der Waals surface area contributed by atoms with Gasteiger partial charge in [-0.2, -0.15) is 0 Å². The first-order valence-corrected chi connectivity index (χ1v) is 10.3. The number of nitrogens with zero attached hydrogens (tertiary/aromatic N) is 6. The average molecular weight is 520 g/mol. The number of rotatable bonds is 5. The van der Waals surface area contributed by atoms with E-state index in [1.54, 1.807) is 7.05 Å². The number of pyridine rings is 2. The highest BCUT2D eigenvalue weighted by Crippen LogP contribution is 2.18. The van der Waals surface area contributed by atoms with Crippen LogP contribution in [0, 0.1) is 0 Å². The normalized spacial score (nSPS) is 14.8. The fraction of sp³-hybridized carbons (Fsp3) is 0.429. The first-order chi connectivity index (χ1) is 14.3. The van der Waals surface area contributed by atoms with E-state index >= 15 is 0 Å². The van der Waals surface area contributed by atoms with Gasteiger partial charge in [0.25, 0.3) is 0 Å². The summed E-state index contributed by atoms with van der Waals surface area (Å²) < 4.78 is 1.97. The van der Waals surface area contributed by atoms with Crippen LogP contribution in [-0.4, -0.2) is 45.7 Å². The van der Waals surface area contributed by atoms with Gasteiger partial charge in [-0.05, 0) is 42.7 Å². The zero-order valence-corrected chi connectivity index (χ0v) is 19.6. The quantitative estimate of drug-likeness (QED) is 0.306. The number of anilines is 1. The molecule has 160 valence electrons. The van der Waals surface area contributed by atoms with Gasteiger partial charge in [0, 0.05) is 39.1 Å². The van der Waals surface area contributed by atoms with Gasteiger partial charge < -0.3 is 15.5 Å². The molecule has 0 saturated carbocycles. The molecule has 9 heteroatoms. The van der Waals surface area contributed by atoms with E-state index in [0.717, 1.165) is 36.3 Å². The highest BCUT2D eigenvalue weighted by Gasteiger charge is 2.11. The molecule has 0 amide bonds. The number of halogens is 1. The maximum atomic E-state index is 4.59. The van der Waals surface area contributed by atoms with Gasteiger partial charge in [-0.1, -0.05) is 18.9 Å². The summed E-state index contributed by atoms with van der Waals surface area (Å²) in [5.74, 6) is 2.64. The van der Waals surface area contributed by atoms with E-state index < -0.39 is 0 Å². The number of hydrogen-bond donors (Lipinski definition) is 2. The fourth-order valence-corrected chi connectivity index (χ4v) is 3.62. The van der Waals surface area contributed by atoms with Gasteiger partial charge >= 0.3 is 0 Å². The number of nitrogens with one attached hydrogen (secondary N) is 2. The molecule has 4 heterocycles. The molecule has 0 spiro atoms. The van der Waals surface area contributed by atoms with E-state index in [0.29, 0.717) is 13.1 Å². The molecule has 1 aliphatic rings. The van der Waals surface area contributed by atoms with Crippen LogP contribution >= 0.6 is 24.0 Å². The number of guanidine groups is 1. The van der Waals surface area contributed by atoms with Crippen LogP contribution in [0.25, 0.3) is 5.65 Å². The fourth-order valence-electron chi connectivity index (χ4n) is 3.62. The van der Waals surface area contributed by atoms with Gasteiger partial charge in [0.1, 0.15) is 5.82 Å². The molecule has 4 rings (SSSR count). The van der Waals surface area contributed by atoms with E-state index in [9.17, 15) is 0 Å². The van der Waals surface area contributed by atoms with Crippen LogP contribution in [-0.2, 0) is 13.1 Å². The van der Waals surface area contributed by atoms with Crippen LogP contribution in [0.5, 0.6) is 0 Å². The Labute approximate surface area is 194 Å². The maximum Gasteiger partial charge on any atom is 0.191 e. The largest absolute Gasteiger partial charge is 0.357 e. The Morgan fingerprint density at radius 1 is 1.03 bits per heavy atom. The summed E-state index contributed by atoms with van der Waals surface area (Å²) in [5, 5.41) is 15.1. The van der Waals surface area contributed by atoms with Crippen LogP contribution < -0.4 is 15.5 Å². The predicted molar refractivity (Wildman–Crippen MR) is 130 cm³/mol. The first-order valence-electron chi connectivity index (χ1n) is 10.3. The zero-order chi connectivity index (χ0) is 19.9. The Morgan fingerprint density at radius 3 is 2.63 bits per heavy atom. The molecule has 0 radical (unpaired) electrons. The van der Waals surface area contributed by atoms with Crippen molar-refractivity contribution in [3.05, 3.63) is 54.1 Å².